The molecule has 0 aromatic heterocycles. The van der Waals surface area contributed by atoms with Crippen molar-refractivity contribution in [3.8, 4) is 0 Å². The Hall–Kier alpha value is -0.900. The highest BCUT2D eigenvalue weighted by molar-refractivity contribution is 5.29. The van der Waals surface area contributed by atoms with Crippen LogP contribution in [0.2, 0.25) is 0 Å². The summed E-state index contributed by atoms with van der Waals surface area (Å²) in [6.07, 6.45) is 0.884. The second kappa shape index (κ2) is 6.32. The molecule has 0 amide bonds. The quantitative estimate of drug-likeness (QED) is 0.623. The molecule has 1 atom stereocenters. The van der Waals surface area contributed by atoms with Gasteiger partial charge in [-0.15, -0.1) is 0 Å². The van der Waals surface area contributed by atoms with Gasteiger partial charge in [-0.2, -0.15) is 0 Å². The topological polar surface area (TPSA) is 47.3 Å². The van der Waals surface area contributed by atoms with Gasteiger partial charge in [0.1, 0.15) is 0 Å². The Labute approximate surface area is 111 Å². The van der Waals surface area contributed by atoms with E-state index >= 15 is 0 Å². The number of nitrogens with one attached hydrogen (secondary N) is 1. The zero-order chi connectivity index (χ0) is 13.8. The van der Waals surface area contributed by atoms with Crippen LogP contribution in [0.3, 0.4) is 0 Å². The van der Waals surface area contributed by atoms with E-state index in [0.29, 0.717) is 6.61 Å². The normalized spacial score (nSPS) is 13.7. The number of aryl methyl sites for hydroxylation is 2. The lowest BCUT2D eigenvalue weighted by molar-refractivity contribution is -0.0143. The highest BCUT2D eigenvalue weighted by Crippen LogP contribution is 2.13. The Kier molecular flexibility index (Phi) is 5.32. The number of hydrogen-bond donors (Lipinski definition) is 2. The number of hydrazine groups is 1. The monoisotopic (exact) mass is 250 g/mol. The third-order valence-corrected chi connectivity index (χ3v) is 2.72. The molecule has 0 aliphatic rings. The Morgan fingerprint density at radius 1 is 1.17 bits per heavy atom. The number of benzene rings is 1. The van der Waals surface area contributed by atoms with Gasteiger partial charge in [-0.1, -0.05) is 29.3 Å². The van der Waals surface area contributed by atoms with Gasteiger partial charge in [-0.05, 0) is 46.6 Å². The Morgan fingerprint density at radius 2 is 1.72 bits per heavy atom. The van der Waals surface area contributed by atoms with E-state index in [1.165, 1.54) is 16.7 Å². The molecule has 1 aromatic rings. The van der Waals surface area contributed by atoms with Crippen molar-refractivity contribution in [3.63, 3.8) is 0 Å². The molecule has 0 aliphatic carbocycles. The van der Waals surface area contributed by atoms with E-state index < -0.39 is 0 Å². The second-order valence-corrected chi connectivity index (χ2v) is 5.99. The summed E-state index contributed by atoms with van der Waals surface area (Å²) >= 11 is 0. The summed E-state index contributed by atoms with van der Waals surface area (Å²) in [6.45, 7) is 11.0. The van der Waals surface area contributed by atoms with Crippen molar-refractivity contribution in [2.24, 2.45) is 5.84 Å². The zero-order valence-corrected chi connectivity index (χ0v) is 12.2. The first kappa shape index (κ1) is 15.2. The fourth-order valence-electron chi connectivity index (χ4n) is 1.99. The maximum atomic E-state index is 5.77. The van der Waals surface area contributed by atoms with E-state index in [0.717, 1.165) is 6.42 Å². The summed E-state index contributed by atoms with van der Waals surface area (Å²) in [7, 11) is 0. The Morgan fingerprint density at radius 3 is 2.17 bits per heavy atom. The molecule has 3 heteroatoms. The summed E-state index contributed by atoms with van der Waals surface area (Å²) in [6, 6.07) is 6.73. The number of ether oxygens (including phenoxy) is 1. The molecular formula is C15H26N2O. The van der Waals surface area contributed by atoms with Gasteiger partial charge in [-0.3, -0.25) is 11.3 Å². The minimum Gasteiger partial charge on any atom is -0.374 e. The van der Waals surface area contributed by atoms with Crippen LogP contribution in [0.25, 0.3) is 0 Å². The highest BCUT2D eigenvalue weighted by Gasteiger charge is 2.15. The molecule has 0 bridgehead atoms. The second-order valence-electron chi connectivity index (χ2n) is 5.99. The largest absolute Gasteiger partial charge is 0.374 e. The van der Waals surface area contributed by atoms with E-state index in [1.54, 1.807) is 0 Å². The molecule has 0 saturated heterocycles. The van der Waals surface area contributed by atoms with Crippen molar-refractivity contribution in [2.75, 3.05) is 6.61 Å². The third kappa shape index (κ3) is 5.63. The van der Waals surface area contributed by atoms with Gasteiger partial charge >= 0.3 is 0 Å². The van der Waals surface area contributed by atoms with E-state index in [2.05, 4.69) is 58.2 Å². The Balaban J connectivity index is 2.62. The van der Waals surface area contributed by atoms with Crippen LogP contribution in [0.1, 0.15) is 37.5 Å². The molecular weight excluding hydrogens is 224 g/mol. The lowest BCUT2D eigenvalue weighted by Crippen LogP contribution is -2.42. The van der Waals surface area contributed by atoms with Crippen LogP contribution < -0.4 is 11.3 Å². The average Bonchev–Trinajstić information content (AvgIpc) is 2.21. The molecule has 102 valence electrons. The first-order valence-corrected chi connectivity index (χ1v) is 6.47. The minimum absolute atomic E-state index is 0.127. The van der Waals surface area contributed by atoms with Crippen LogP contribution >= 0.6 is 0 Å². The van der Waals surface area contributed by atoms with Gasteiger partial charge in [0.2, 0.25) is 0 Å². The number of rotatable bonds is 5. The molecule has 3 N–H and O–H groups in total. The van der Waals surface area contributed by atoms with Gasteiger partial charge in [0, 0.05) is 6.04 Å². The van der Waals surface area contributed by atoms with Crippen LogP contribution in [-0.4, -0.2) is 18.2 Å². The van der Waals surface area contributed by atoms with Crippen LogP contribution in [0.5, 0.6) is 0 Å². The molecule has 1 aromatic carbocycles. The molecule has 0 saturated carbocycles. The summed E-state index contributed by atoms with van der Waals surface area (Å²) in [5.74, 6) is 5.60. The van der Waals surface area contributed by atoms with E-state index in [1.807, 2.05) is 0 Å². The van der Waals surface area contributed by atoms with E-state index in [-0.39, 0.29) is 11.6 Å². The number of nitrogens with two attached hydrogens (primary N) is 1. The zero-order valence-electron chi connectivity index (χ0n) is 12.2. The van der Waals surface area contributed by atoms with Crippen molar-refractivity contribution in [3.05, 3.63) is 34.9 Å². The van der Waals surface area contributed by atoms with Gasteiger partial charge in [0.05, 0.1) is 12.2 Å². The third-order valence-electron chi connectivity index (χ3n) is 2.72. The molecule has 3 nitrogen and oxygen atoms in total. The summed E-state index contributed by atoms with van der Waals surface area (Å²) in [5, 5.41) is 0. The summed E-state index contributed by atoms with van der Waals surface area (Å²) < 4.78 is 5.77. The molecule has 0 radical (unpaired) electrons. The fourth-order valence-corrected chi connectivity index (χ4v) is 1.99. The lowest BCUT2D eigenvalue weighted by atomic mass is 10.0. The van der Waals surface area contributed by atoms with Crippen molar-refractivity contribution < 1.29 is 4.74 Å². The van der Waals surface area contributed by atoms with Crippen molar-refractivity contribution in [1.29, 1.82) is 0 Å². The summed E-state index contributed by atoms with van der Waals surface area (Å²) in [5.41, 5.74) is 6.59. The van der Waals surface area contributed by atoms with Crippen molar-refractivity contribution in [1.82, 2.24) is 5.43 Å². The highest BCUT2D eigenvalue weighted by atomic mass is 16.5. The SMILES string of the molecule is Cc1cc(C)cc(CC(COC(C)(C)C)NN)c1. The maximum absolute atomic E-state index is 5.77. The van der Waals surface area contributed by atoms with Gasteiger partial charge < -0.3 is 4.74 Å². The van der Waals surface area contributed by atoms with E-state index in [9.17, 15) is 0 Å². The molecule has 1 unspecified atom stereocenters. The lowest BCUT2D eigenvalue weighted by Gasteiger charge is -2.24. The van der Waals surface area contributed by atoms with Gasteiger partial charge in [0.15, 0.2) is 0 Å². The Bertz CT molecular complexity index is 362. The smallest absolute Gasteiger partial charge is 0.0643 e. The predicted molar refractivity (Wildman–Crippen MR) is 76.4 cm³/mol. The average molecular weight is 250 g/mol. The van der Waals surface area contributed by atoms with E-state index in [4.69, 9.17) is 10.6 Å². The van der Waals surface area contributed by atoms with Gasteiger partial charge in [0.25, 0.3) is 0 Å². The minimum atomic E-state index is -0.127. The first-order valence-electron chi connectivity index (χ1n) is 6.47. The summed E-state index contributed by atoms with van der Waals surface area (Å²) in [4.78, 5) is 0. The first-order chi connectivity index (χ1) is 8.30. The fraction of sp³-hybridized carbons (Fsp3) is 0.600. The molecule has 0 fully saturated rings. The maximum Gasteiger partial charge on any atom is 0.0643 e. The van der Waals surface area contributed by atoms with Crippen LogP contribution in [0.4, 0.5) is 0 Å². The number of hydrogen-bond acceptors (Lipinski definition) is 3. The molecule has 0 spiro atoms. The van der Waals surface area contributed by atoms with Crippen molar-refractivity contribution in [2.45, 2.75) is 52.7 Å². The van der Waals surface area contributed by atoms with Crippen LogP contribution in [-0.2, 0) is 11.2 Å². The van der Waals surface area contributed by atoms with Crippen LogP contribution in [0, 0.1) is 13.8 Å². The van der Waals surface area contributed by atoms with Crippen molar-refractivity contribution >= 4 is 0 Å². The van der Waals surface area contributed by atoms with Gasteiger partial charge in [-0.25, -0.2) is 0 Å². The molecule has 1 rings (SSSR count). The molecule has 0 aliphatic heterocycles. The predicted octanol–water partition coefficient (Wildman–Crippen LogP) is 2.49. The van der Waals surface area contributed by atoms with Crippen LogP contribution in [0.15, 0.2) is 18.2 Å². The molecule has 18 heavy (non-hydrogen) atoms. The molecule has 0 heterocycles. The standard InChI is InChI=1S/C15H26N2O/c1-11-6-12(2)8-13(7-11)9-14(17-16)10-18-15(3,4)5/h6-8,14,17H,9-10,16H2,1-5H3.